The van der Waals surface area contributed by atoms with E-state index in [1.807, 2.05) is 13.8 Å². The number of pyridine rings is 1. The van der Waals surface area contributed by atoms with Crippen molar-refractivity contribution in [1.29, 1.82) is 0 Å². The molecule has 0 spiro atoms. The lowest BCUT2D eigenvalue weighted by molar-refractivity contribution is 1.27. The molecule has 4 heteroatoms. The highest BCUT2D eigenvalue weighted by atomic mass is 35.5. The number of rotatable bonds is 0. The molecule has 78 valence electrons. The van der Waals surface area contributed by atoms with Gasteiger partial charge in [-0.25, -0.2) is 0 Å². The van der Waals surface area contributed by atoms with Crippen molar-refractivity contribution in [2.45, 2.75) is 13.8 Å². The number of anilines is 1. The van der Waals surface area contributed by atoms with Gasteiger partial charge in [-0.15, -0.1) is 0 Å². The number of hydrogen-bond acceptors (Lipinski definition) is 2. The number of nitrogen functional groups attached to an aromatic ring is 1. The molecule has 0 atom stereocenters. The van der Waals surface area contributed by atoms with Gasteiger partial charge in [0.2, 0.25) is 5.56 Å². The van der Waals surface area contributed by atoms with Gasteiger partial charge in [0.15, 0.2) is 0 Å². The Labute approximate surface area is 91.9 Å². The van der Waals surface area contributed by atoms with E-state index in [4.69, 9.17) is 17.3 Å². The number of halogens is 1. The molecule has 0 bridgehead atoms. The van der Waals surface area contributed by atoms with Gasteiger partial charge in [-0.3, -0.25) is 4.79 Å². The molecule has 0 fully saturated rings. The first-order valence-electron chi connectivity index (χ1n) is 4.59. The molecule has 0 aliphatic heterocycles. The zero-order valence-corrected chi connectivity index (χ0v) is 9.27. The minimum Gasteiger partial charge on any atom is -0.398 e. The minimum atomic E-state index is -0.147. The van der Waals surface area contributed by atoms with Gasteiger partial charge in [0.1, 0.15) is 0 Å². The normalized spacial score (nSPS) is 10.9. The van der Waals surface area contributed by atoms with Crippen molar-refractivity contribution in [2.75, 3.05) is 5.73 Å². The van der Waals surface area contributed by atoms with Gasteiger partial charge < -0.3 is 10.7 Å². The maximum atomic E-state index is 11.3. The van der Waals surface area contributed by atoms with Crippen molar-refractivity contribution < 1.29 is 0 Å². The summed E-state index contributed by atoms with van der Waals surface area (Å²) in [6.45, 7) is 3.79. The molecule has 1 heterocycles. The summed E-state index contributed by atoms with van der Waals surface area (Å²) in [7, 11) is 0. The summed E-state index contributed by atoms with van der Waals surface area (Å²) in [5.41, 5.74) is 8.81. The molecule has 0 saturated carbocycles. The van der Waals surface area contributed by atoms with E-state index < -0.39 is 0 Å². The van der Waals surface area contributed by atoms with Crippen molar-refractivity contribution in [3.63, 3.8) is 0 Å². The standard InChI is InChI=1S/C11H11ClN2O/c1-5-3-9(15)14-11-7(12)4-8(13)6(2)10(5)11/h3-4H,13H2,1-2H3,(H,14,15). The lowest BCUT2D eigenvalue weighted by Gasteiger charge is -2.09. The predicted octanol–water partition coefficient (Wildman–Crippen LogP) is 2.38. The number of hydrogen-bond donors (Lipinski definition) is 2. The first-order valence-corrected chi connectivity index (χ1v) is 4.96. The van der Waals surface area contributed by atoms with E-state index in [1.165, 1.54) is 0 Å². The average Bonchev–Trinajstić information content (AvgIpc) is 2.13. The van der Waals surface area contributed by atoms with Gasteiger partial charge in [0.25, 0.3) is 0 Å². The Bertz CT molecular complexity index is 602. The van der Waals surface area contributed by atoms with Crippen LogP contribution in [0.2, 0.25) is 5.02 Å². The molecule has 0 unspecified atom stereocenters. The van der Waals surface area contributed by atoms with Crippen LogP contribution in [0.15, 0.2) is 16.9 Å². The third-order valence-corrected chi connectivity index (χ3v) is 2.87. The number of fused-ring (bicyclic) bond motifs is 1. The summed E-state index contributed by atoms with van der Waals surface area (Å²) in [4.78, 5) is 14.0. The predicted molar refractivity (Wildman–Crippen MR) is 63.5 cm³/mol. The lowest BCUT2D eigenvalue weighted by Crippen LogP contribution is -2.06. The van der Waals surface area contributed by atoms with Crippen LogP contribution in [0.4, 0.5) is 5.69 Å². The van der Waals surface area contributed by atoms with E-state index in [1.54, 1.807) is 12.1 Å². The number of nitrogens with one attached hydrogen (secondary N) is 1. The monoisotopic (exact) mass is 222 g/mol. The highest BCUT2D eigenvalue weighted by molar-refractivity contribution is 6.35. The molecule has 2 aromatic rings. The van der Waals surface area contributed by atoms with E-state index in [0.717, 1.165) is 16.5 Å². The molecule has 2 rings (SSSR count). The van der Waals surface area contributed by atoms with Crippen molar-refractivity contribution in [1.82, 2.24) is 4.98 Å². The summed E-state index contributed by atoms with van der Waals surface area (Å²) >= 11 is 6.03. The third-order valence-electron chi connectivity index (χ3n) is 2.57. The van der Waals surface area contributed by atoms with Crippen LogP contribution in [0.3, 0.4) is 0 Å². The van der Waals surface area contributed by atoms with Gasteiger partial charge in [-0.2, -0.15) is 0 Å². The first-order chi connectivity index (χ1) is 7.00. The van der Waals surface area contributed by atoms with E-state index >= 15 is 0 Å². The van der Waals surface area contributed by atoms with Crippen LogP contribution < -0.4 is 11.3 Å². The highest BCUT2D eigenvalue weighted by Gasteiger charge is 2.09. The summed E-state index contributed by atoms with van der Waals surface area (Å²) in [5, 5.41) is 1.41. The first kappa shape index (κ1) is 10.1. The summed E-state index contributed by atoms with van der Waals surface area (Å²) in [6.07, 6.45) is 0. The van der Waals surface area contributed by atoms with Crippen LogP contribution in [0.1, 0.15) is 11.1 Å². The van der Waals surface area contributed by atoms with Crippen LogP contribution in [0.5, 0.6) is 0 Å². The molecule has 1 aromatic carbocycles. The summed E-state index contributed by atoms with van der Waals surface area (Å²) in [6, 6.07) is 3.21. The average molecular weight is 223 g/mol. The number of H-pyrrole nitrogens is 1. The molecular formula is C11H11ClN2O. The molecular weight excluding hydrogens is 212 g/mol. The quantitative estimate of drug-likeness (QED) is 0.673. The molecule has 0 aliphatic rings. The molecule has 3 N–H and O–H groups in total. The smallest absolute Gasteiger partial charge is 0.248 e. The SMILES string of the molecule is Cc1cc(=O)[nH]c2c(Cl)cc(N)c(C)c12. The Morgan fingerprint density at radius 2 is 2.00 bits per heavy atom. The van der Waals surface area contributed by atoms with Crippen molar-refractivity contribution in [3.05, 3.63) is 38.6 Å². The molecule has 0 amide bonds. The fraction of sp³-hybridized carbons (Fsp3) is 0.182. The minimum absolute atomic E-state index is 0.147. The Balaban J connectivity index is 3.09. The molecule has 15 heavy (non-hydrogen) atoms. The second kappa shape index (κ2) is 3.28. The fourth-order valence-corrected chi connectivity index (χ4v) is 2.07. The molecule has 0 saturated heterocycles. The van der Waals surface area contributed by atoms with Gasteiger partial charge in [0.05, 0.1) is 10.5 Å². The number of nitrogens with two attached hydrogens (primary N) is 1. The Morgan fingerprint density at radius 1 is 1.33 bits per heavy atom. The molecule has 0 aliphatic carbocycles. The van der Waals surface area contributed by atoms with E-state index in [2.05, 4.69) is 4.98 Å². The Hall–Kier alpha value is -1.48. The Morgan fingerprint density at radius 3 is 2.67 bits per heavy atom. The fourth-order valence-electron chi connectivity index (χ4n) is 1.81. The van der Waals surface area contributed by atoms with Crippen LogP contribution in [0, 0.1) is 13.8 Å². The zero-order valence-electron chi connectivity index (χ0n) is 8.52. The zero-order chi connectivity index (χ0) is 11.2. The van der Waals surface area contributed by atoms with Gasteiger partial charge in [-0.05, 0) is 31.0 Å². The highest BCUT2D eigenvalue weighted by Crippen LogP contribution is 2.30. The largest absolute Gasteiger partial charge is 0.398 e. The maximum Gasteiger partial charge on any atom is 0.248 e. The Kier molecular flexibility index (Phi) is 2.20. The van der Waals surface area contributed by atoms with Gasteiger partial charge in [-0.1, -0.05) is 11.6 Å². The van der Waals surface area contributed by atoms with Gasteiger partial charge in [0, 0.05) is 17.1 Å². The summed E-state index contributed by atoms with van der Waals surface area (Å²) < 4.78 is 0. The van der Waals surface area contributed by atoms with E-state index in [-0.39, 0.29) is 5.56 Å². The maximum absolute atomic E-state index is 11.3. The van der Waals surface area contributed by atoms with Gasteiger partial charge >= 0.3 is 0 Å². The van der Waals surface area contributed by atoms with Crippen molar-refractivity contribution >= 4 is 28.2 Å². The van der Waals surface area contributed by atoms with Crippen LogP contribution >= 0.6 is 11.6 Å². The van der Waals surface area contributed by atoms with Crippen molar-refractivity contribution in [3.8, 4) is 0 Å². The van der Waals surface area contributed by atoms with Crippen LogP contribution in [-0.2, 0) is 0 Å². The molecule has 1 aromatic heterocycles. The number of aromatic amines is 1. The number of aromatic nitrogens is 1. The number of benzene rings is 1. The van der Waals surface area contributed by atoms with E-state index in [0.29, 0.717) is 16.2 Å². The second-order valence-electron chi connectivity index (χ2n) is 3.64. The second-order valence-corrected chi connectivity index (χ2v) is 4.05. The summed E-state index contributed by atoms with van der Waals surface area (Å²) in [5.74, 6) is 0. The molecule has 3 nitrogen and oxygen atoms in total. The topological polar surface area (TPSA) is 58.9 Å². The van der Waals surface area contributed by atoms with Crippen molar-refractivity contribution in [2.24, 2.45) is 0 Å². The third kappa shape index (κ3) is 1.49. The number of aryl methyl sites for hydroxylation is 2. The molecule has 0 radical (unpaired) electrons. The van der Waals surface area contributed by atoms with Crippen LogP contribution in [-0.4, -0.2) is 4.98 Å². The van der Waals surface area contributed by atoms with Crippen LogP contribution in [0.25, 0.3) is 10.9 Å². The lowest BCUT2D eigenvalue weighted by atomic mass is 10.0. The van der Waals surface area contributed by atoms with E-state index in [9.17, 15) is 4.79 Å².